The molecule has 3 N–H and O–H groups in total. The summed E-state index contributed by atoms with van der Waals surface area (Å²) in [6.45, 7) is 0. The number of benzene rings is 1. The quantitative estimate of drug-likeness (QED) is 0.632. The Kier molecular flexibility index (Phi) is 2.19. The molecule has 0 spiro atoms. The third kappa shape index (κ3) is 1.52. The molecule has 1 unspecified atom stereocenters. The number of fused-ring (bicyclic) bond motifs is 1. The van der Waals surface area contributed by atoms with E-state index in [1.165, 1.54) is 6.07 Å². The number of hydrogen-bond donors (Lipinski definition) is 3. The van der Waals surface area contributed by atoms with Gasteiger partial charge in [0.15, 0.2) is 0 Å². The van der Waals surface area contributed by atoms with E-state index in [2.05, 4.69) is 15.0 Å². The van der Waals surface area contributed by atoms with E-state index >= 15 is 0 Å². The number of aromatic nitrogens is 3. The van der Waals surface area contributed by atoms with Crippen LogP contribution in [0.4, 0.5) is 4.39 Å². The molecule has 0 amide bonds. The number of hydrogen-bond acceptors (Lipinski definition) is 2. The van der Waals surface area contributed by atoms with Crippen LogP contribution in [0, 0.1) is 5.82 Å². The molecule has 17 heavy (non-hydrogen) atoms. The number of H-pyrrole nitrogens is 2. The van der Waals surface area contributed by atoms with Crippen LogP contribution in [0.25, 0.3) is 10.9 Å². The molecular weight excluding hydrogens is 221 g/mol. The van der Waals surface area contributed by atoms with E-state index in [-0.39, 0.29) is 5.82 Å². The fourth-order valence-electron chi connectivity index (χ4n) is 1.95. The first-order valence-corrected chi connectivity index (χ1v) is 5.20. The summed E-state index contributed by atoms with van der Waals surface area (Å²) in [6.07, 6.45) is 3.94. The molecule has 0 radical (unpaired) electrons. The van der Waals surface area contributed by atoms with Gasteiger partial charge in [-0.2, -0.15) is 0 Å². The summed E-state index contributed by atoms with van der Waals surface area (Å²) < 4.78 is 13.5. The summed E-state index contributed by atoms with van der Waals surface area (Å²) in [5.41, 5.74) is 1.19. The monoisotopic (exact) mass is 231 g/mol. The summed E-state index contributed by atoms with van der Waals surface area (Å²) in [6, 6.07) is 4.54. The van der Waals surface area contributed by atoms with Crippen molar-refractivity contribution in [3.8, 4) is 0 Å². The number of imidazole rings is 1. The van der Waals surface area contributed by atoms with Gasteiger partial charge in [0.2, 0.25) is 0 Å². The van der Waals surface area contributed by atoms with Crippen LogP contribution in [0.2, 0.25) is 0 Å². The number of nitrogens with one attached hydrogen (secondary N) is 2. The Morgan fingerprint density at radius 3 is 2.82 bits per heavy atom. The summed E-state index contributed by atoms with van der Waals surface area (Å²) in [7, 11) is 0. The lowest BCUT2D eigenvalue weighted by molar-refractivity contribution is 0.212. The van der Waals surface area contributed by atoms with Crippen molar-refractivity contribution in [1.82, 2.24) is 15.0 Å². The third-order valence-corrected chi connectivity index (χ3v) is 2.78. The van der Waals surface area contributed by atoms with Crippen LogP contribution < -0.4 is 0 Å². The second-order valence-corrected chi connectivity index (χ2v) is 3.78. The van der Waals surface area contributed by atoms with Gasteiger partial charge in [0, 0.05) is 29.5 Å². The smallest absolute Gasteiger partial charge is 0.139 e. The average molecular weight is 231 g/mol. The SMILES string of the molecule is OC(c1ncc[nH]1)c1ccc(F)c2cc[nH]c12. The van der Waals surface area contributed by atoms with Crippen molar-refractivity contribution in [3.05, 3.63) is 54.0 Å². The van der Waals surface area contributed by atoms with E-state index in [4.69, 9.17) is 0 Å². The van der Waals surface area contributed by atoms with Crippen molar-refractivity contribution in [3.63, 3.8) is 0 Å². The number of halogens is 1. The summed E-state index contributed by atoms with van der Waals surface area (Å²) in [4.78, 5) is 9.76. The Hall–Kier alpha value is -2.14. The molecule has 1 atom stereocenters. The lowest BCUT2D eigenvalue weighted by Gasteiger charge is -2.09. The Bertz CT molecular complexity index is 645. The second kappa shape index (κ2) is 3.71. The van der Waals surface area contributed by atoms with Gasteiger partial charge in [-0.25, -0.2) is 9.37 Å². The van der Waals surface area contributed by atoms with Gasteiger partial charge in [0.1, 0.15) is 17.7 Å². The molecule has 0 bridgehead atoms. The van der Waals surface area contributed by atoms with Gasteiger partial charge in [-0.15, -0.1) is 0 Å². The van der Waals surface area contributed by atoms with Gasteiger partial charge in [-0.05, 0) is 12.1 Å². The molecule has 4 nitrogen and oxygen atoms in total. The summed E-state index contributed by atoms with van der Waals surface area (Å²) >= 11 is 0. The van der Waals surface area contributed by atoms with Crippen LogP contribution in [0.1, 0.15) is 17.5 Å². The van der Waals surface area contributed by atoms with E-state index in [0.717, 1.165) is 0 Å². The molecule has 86 valence electrons. The molecule has 5 heteroatoms. The second-order valence-electron chi connectivity index (χ2n) is 3.78. The highest BCUT2D eigenvalue weighted by Crippen LogP contribution is 2.27. The molecule has 0 aliphatic rings. The average Bonchev–Trinajstić information content (AvgIpc) is 3.00. The Labute approximate surface area is 96.1 Å². The fraction of sp³-hybridized carbons (Fsp3) is 0.0833. The number of rotatable bonds is 2. The minimum atomic E-state index is -0.897. The topological polar surface area (TPSA) is 64.7 Å². The predicted molar refractivity (Wildman–Crippen MR) is 60.9 cm³/mol. The number of aromatic amines is 2. The van der Waals surface area contributed by atoms with Crippen LogP contribution >= 0.6 is 0 Å². The predicted octanol–water partition coefficient (Wildman–Crippen LogP) is 2.11. The molecule has 2 heterocycles. The van der Waals surface area contributed by atoms with E-state index in [1.807, 2.05) is 0 Å². The van der Waals surface area contributed by atoms with Crippen LogP contribution in [0.5, 0.6) is 0 Å². The molecule has 0 aliphatic heterocycles. The lowest BCUT2D eigenvalue weighted by atomic mass is 10.1. The zero-order valence-electron chi connectivity index (χ0n) is 8.81. The van der Waals surface area contributed by atoms with Crippen molar-refractivity contribution in [1.29, 1.82) is 0 Å². The fourth-order valence-corrected chi connectivity index (χ4v) is 1.95. The van der Waals surface area contributed by atoms with Crippen molar-refractivity contribution in [2.45, 2.75) is 6.10 Å². The van der Waals surface area contributed by atoms with E-state index in [9.17, 15) is 9.50 Å². The van der Waals surface area contributed by atoms with Gasteiger partial charge in [-0.1, -0.05) is 6.07 Å². The van der Waals surface area contributed by atoms with Gasteiger partial charge in [0.05, 0.1) is 5.52 Å². The number of aliphatic hydroxyl groups excluding tert-OH is 1. The molecule has 0 aliphatic carbocycles. The van der Waals surface area contributed by atoms with Crippen molar-refractivity contribution in [2.75, 3.05) is 0 Å². The molecule has 3 rings (SSSR count). The zero-order chi connectivity index (χ0) is 11.8. The maximum atomic E-state index is 13.5. The molecule has 3 aromatic rings. The Morgan fingerprint density at radius 2 is 2.06 bits per heavy atom. The first-order chi connectivity index (χ1) is 8.27. The standard InChI is InChI=1S/C12H10FN3O/c13-9-2-1-8(10-7(9)3-4-14-10)11(17)12-15-5-6-16-12/h1-6,11,14,17H,(H,15,16). The van der Waals surface area contributed by atoms with Crippen molar-refractivity contribution < 1.29 is 9.50 Å². The lowest BCUT2D eigenvalue weighted by Crippen LogP contribution is -2.03. The zero-order valence-corrected chi connectivity index (χ0v) is 8.81. The molecule has 0 saturated carbocycles. The highest BCUT2D eigenvalue weighted by atomic mass is 19.1. The molecule has 0 saturated heterocycles. The third-order valence-electron chi connectivity index (χ3n) is 2.78. The minimum Gasteiger partial charge on any atom is -0.380 e. The highest BCUT2D eigenvalue weighted by molar-refractivity contribution is 5.83. The normalized spacial score (nSPS) is 13.1. The van der Waals surface area contributed by atoms with Crippen LogP contribution in [0.15, 0.2) is 36.8 Å². The van der Waals surface area contributed by atoms with Crippen LogP contribution in [-0.4, -0.2) is 20.1 Å². The largest absolute Gasteiger partial charge is 0.380 e. The highest BCUT2D eigenvalue weighted by Gasteiger charge is 2.17. The number of aliphatic hydroxyl groups is 1. The Morgan fingerprint density at radius 1 is 1.18 bits per heavy atom. The molecular formula is C12H10FN3O. The van der Waals surface area contributed by atoms with Gasteiger partial charge in [-0.3, -0.25) is 0 Å². The number of nitrogens with zero attached hydrogens (tertiary/aromatic N) is 1. The molecule has 2 aromatic heterocycles. The Balaban J connectivity index is 2.18. The first kappa shape index (κ1) is 10.0. The van der Waals surface area contributed by atoms with E-state index in [0.29, 0.717) is 22.3 Å². The van der Waals surface area contributed by atoms with Crippen molar-refractivity contribution in [2.24, 2.45) is 0 Å². The summed E-state index contributed by atoms with van der Waals surface area (Å²) in [5.74, 6) is 0.129. The van der Waals surface area contributed by atoms with E-state index < -0.39 is 6.10 Å². The van der Waals surface area contributed by atoms with Crippen LogP contribution in [-0.2, 0) is 0 Å². The minimum absolute atomic E-state index is 0.309. The molecule has 0 fully saturated rings. The maximum absolute atomic E-state index is 13.5. The van der Waals surface area contributed by atoms with Gasteiger partial charge < -0.3 is 15.1 Å². The van der Waals surface area contributed by atoms with Crippen molar-refractivity contribution >= 4 is 10.9 Å². The van der Waals surface area contributed by atoms with E-state index in [1.54, 1.807) is 30.7 Å². The molecule has 1 aromatic carbocycles. The van der Waals surface area contributed by atoms with Gasteiger partial charge in [0.25, 0.3) is 0 Å². The maximum Gasteiger partial charge on any atom is 0.139 e. The van der Waals surface area contributed by atoms with Gasteiger partial charge >= 0.3 is 0 Å². The first-order valence-electron chi connectivity index (χ1n) is 5.20. The summed E-state index contributed by atoms with van der Waals surface area (Å²) in [5, 5.41) is 10.6. The van der Waals surface area contributed by atoms with Crippen LogP contribution in [0.3, 0.4) is 0 Å².